The normalized spacial score (nSPS) is 19.2. The largest absolute Gasteiger partial charge is 0.437 e. The molecule has 1 amide bonds. The predicted molar refractivity (Wildman–Crippen MR) is 93.2 cm³/mol. The molecular formula is C17H19ClN4O2. The zero-order valence-corrected chi connectivity index (χ0v) is 13.9. The summed E-state index contributed by atoms with van der Waals surface area (Å²) in [6, 6.07) is 6.81. The van der Waals surface area contributed by atoms with E-state index in [-0.39, 0.29) is 5.92 Å². The van der Waals surface area contributed by atoms with Gasteiger partial charge in [0.05, 0.1) is 12.0 Å². The van der Waals surface area contributed by atoms with Crippen molar-refractivity contribution < 1.29 is 9.63 Å². The Bertz CT molecular complexity index is 698. The number of halogens is 1. The highest BCUT2D eigenvalue weighted by Gasteiger charge is 2.22. The minimum absolute atomic E-state index is 0.274. The van der Waals surface area contributed by atoms with Crippen LogP contribution in [-0.2, 0) is 11.4 Å². The first-order valence-electron chi connectivity index (χ1n) is 7.97. The monoisotopic (exact) mass is 346 g/mol. The number of anilines is 1. The quantitative estimate of drug-likeness (QED) is 0.661. The standard InChI is InChI=1S/C17H19ClN4O2/c18-14-5-7-15(8-6-14)20-17(23)24-21-16-4-2-1-3-13(16)11-22-10-9-19-12-22/h5-10,12-13H,1-4,11H2,(H,20,23)/b21-16-. The van der Waals surface area contributed by atoms with E-state index in [4.69, 9.17) is 16.4 Å². The van der Waals surface area contributed by atoms with Crippen molar-refractivity contribution in [3.05, 3.63) is 48.0 Å². The lowest BCUT2D eigenvalue weighted by Crippen LogP contribution is -2.25. The number of amides is 1. The molecule has 1 aliphatic carbocycles. The van der Waals surface area contributed by atoms with Gasteiger partial charge >= 0.3 is 6.09 Å². The van der Waals surface area contributed by atoms with Crippen molar-refractivity contribution in [2.24, 2.45) is 11.1 Å². The van der Waals surface area contributed by atoms with Gasteiger partial charge in [0, 0.05) is 35.6 Å². The Labute approximate surface area is 145 Å². The minimum Gasteiger partial charge on any atom is -0.337 e. The van der Waals surface area contributed by atoms with Crippen LogP contribution < -0.4 is 5.32 Å². The van der Waals surface area contributed by atoms with E-state index < -0.39 is 6.09 Å². The topological polar surface area (TPSA) is 68.5 Å². The van der Waals surface area contributed by atoms with Crippen LogP contribution in [0.2, 0.25) is 5.02 Å². The molecule has 7 heteroatoms. The van der Waals surface area contributed by atoms with Crippen LogP contribution in [-0.4, -0.2) is 21.4 Å². The molecule has 1 aromatic heterocycles. The van der Waals surface area contributed by atoms with Crippen LogP contribution in [0.1, 0.15) is 25.7 Å². The molecule has 0 aliphatic heterocycles. The summed E-state index contributed by atoms with van der Waals surface area (Å²) < 4.78 is 2.03. The molecule has 1 saturated carbocycles. The Balaban J connectivity index is 1.58. The summed E-state index contributed by atoms with van der Waals surface area (Å²) in [6.07, 6.45) is 9.01. The van der Waals surface area contributed by atoms with E-state index in [1.165, 1.54) is 0 Å². The number of oxime groups is 1. The molecule has 3 rings (SSSR count). The average molecular weight is 347 g/mol. The maximum Gasteiger partial charge on any atom is 0.437 e. The molecule has 2 aromatic rings. The maximum absolute atomic E-state index is 11.9. The first kappa shape index (κ1) is 16.5. The van der Waals surface area contributed by atoms with Gasteiger partial charge in [0.2, 0.25) is 0 Å². The third-order valence-electron chi connectivity index (χ3n) is 4.03. The van der Waals surface area contributed by atoms with Gasteiger partial charge in [-0.1, -0.05) is 23.2 Å². The lowest BCUT2D eigenvalue weighted by molar-refractivity contribution is 0.164. The molecule has 1 unspecified atom stereocenters. The molecule has 1 aliphatic rings. The Morgan fingerprint density at radius 3 is 2.96 bits per heavy atom. The molecule has 0 saturated heterocycles. The molecule has 6 nitrogen and oxygen atoms in total. The van der Waals surface area contributed by atoms with Crippen molar-refractivity contribution in [3.63, 3.8) is 0 Å². The number of nitrogens with zero attached hydrogens (tertiary/aromatic N) is 3. The Hall–Kier alpha value is -2.34. The summed E-state index contributed by atoms with van der Waals surface area (Å²) in [4.78, 5) is 21.0. The van der Waals surface area contributed by atoms with E-state index in [9.17, 15) is 4.79 Å². The van der Waals surface area contributed by atoms with Crippen LogP contribution >= 0.6 is 11.6 Å². The highest BCUT2D eigenvalue weighted by atomic mass is 35.5. The van der Waals surface area contributed by atoms with Gasteiger partial charge in [-0.25, -0.2) is 9.78 Å². The van der Waals surface area contributed by atoms with Gasteiger partial charge in [-0.05, 0) is 43.5 Å². The predicted octanol–water partition coefficient (Wildman–Crippen LogP) is 4.33. The molecule has 0 spiro atoms. The van der Waals surface area contributed by atoms with Crippen molar-refractivity contribution >= 4 is 29.1 Å². The lowest BCUT2D eigenvalue weighted by atomic mass is 9.87. The van der Waals surface area contributed by atoms with Crippen molar-refractivity contribution in [1.29, 1.82) is 0 Å². The van der Waals surface area contributed by atoms with Gasteiger partial charge in [0.1, 0.15) is 0 Å². The van der Waals surface area contributed by atoms with Gasteiger partial charge in [0.15, 0.2) is 0 Å². The number of imidazole rings is 1. The van der Waals surface area contributed by atoms with Gasteiger partial charge in [-0.2, -0.15) is 0 Å². The van der Waals surface area contributed by atoms with Crippen LogP contribution in [0.15, 0.2) is 48.1 Å². The molecule has 24 heavy (non-hydrogen) atoms. The first-order chi connectivity index (χ1) is 11.7. The summed E-state index contributed by atoms with van der Waals surface area (Å²) in [5, 5.41) is 7.34. The summed E-state index contributed by atoms with van der Waals surface area (Å²) in [5.41, 5.74) is 1.55. The van der Waals surface area contributed by atoms with Crippen LogP contribution in [0.25, 0.3) is 0 Å². The van der Waals surface area contributed by atoms with E-state index in [0.717, 1.165) is 37.9 Å². The van der Waals surface area contributed by atoms with Gasteiger partial charge in [-0.15, -0.1) is 0 Å². The van der Waals surface area contributed by atoms with Crippen LogP contribution in [0.5, 0.6) is 0 Å². The molecule has 1 fully saturated rings. The second kappa shape index (κ2) is 7.97. The van der Waals surface area contributed by atoms with Crippen molar-refractivity contribution in [1.82, 2.24) is 9.55 Å². The van der Waals surface area contributed by atoms with Crippen LogP contribution in [0.3, 0.4) is 0 Å². The third-order valence-corrected chi connectivity index (χ3v) is 4.29. The van der Waals surface area contributed by atoms with Crippen molar-refractivity contribution in [2.75, 3.05) is 5.32 Å². The number of hydrogen-bond acceptors (Lipinski definition) is 4. The summed E-state index contributed by atoms with van der Waals surface area (Å²) >= 11 is 5.81. The molecule has 1 N–H and O–H groups in total. The zero-order valence-electron chi connectivity index (χ0n) is 13.2. The van der Waals surface area contributed by atoms with E-state index in [1.807, 2.05) is 10.8 Å². The van der Waals surface area contributed by atoms with E-state index in [1.54, 1.807) is 36.8 Å². The van der Waals surface area contributed by atoms with E-state index in [2.05, 4.69) is 15.5 Å². The number of carbonyl (C=O) groups excluding carboxylic acids is 1. The summed E-state index contributed by atoms with van der Waals surface area (Å²) in [5.74, 6) is 0.274. The van der Waals surface area contributed by atoms with Crippen LogP contribution in [0.4, 0.5) is 10.5 Å². The molecule has 1 heterocycles. The summed E-state index contributed by atoms with van der Waals surface area (Å²) in [6.45, 7) is 0.807. The number of rotatable bonds is 4. The number of carbonyl (C=O) groups is 1. The number of hydrogen-bond donors (Lipinski definition) is 1. The van der Waals surface area contributed by atoms with E-state index >= 15 is 0 Å². The fourth-order valence-electron chi connectivity index (χ4n) is 2.81. The van der Waals surface area contributed by atoms with Crippen molar-refractivity contribution in [3.8, 4) is 0 Å². The Kier molecular flexibility index (Phi) is 5.48. The fraction of sp³-hybridized carbons (Fsp3) is 0.353. The third kappa shape index (κ3) is 4.58. The second-order valence-corrected chi connectivity index (χ2v) is 6.23. The number of benzene rings is 1. The van der Waals surface area contributed by atoms with Crippen molar-refractivity contribution in [2.45, 2.75) is 32.2 Å². The van der Waals surface area contributed by atoms with E-state index in [0.29, 0.717) is 10.7 Å². The molecular weight excluding hydrogens is 328 g/mol. The zero-order chi connectivity index (χ0) is 16.8. The highest BCUT2D eigenvalue weighted by molar-refractivity contribution is 6.30. The molecule has 126 valence electrons. The molecule has 1 aromatic carbocycles. The number of nitrogens with one attached hydrogen (secondary N) is 1. The average Bonchev–Trinajstić information content (AvgIpc) is 3.09. The highest BCUT2D eigenvalue weighted by Crippen LogP contribution is 2.23. The number of aromatic nitrogens is 2. The Morgan fingerprint density at radius 1 is 1.38 bits per heavy atom. The maximum atomic E-state index is 11.9. The SMILES string of the molecule is O=C(Nc1ccc(Cl)cc1)O/N=C1/CCCCC1Cn1ccnc1. The Morgan fingerprint density at radius 2 is 2.21 bits per heavy atom. The molecule has 0 bridgehead atoms. The minimum atomic E-state index is -0.600. The van der Waals surface area contributed by atoms with Crippen LogP contribution in [0, 0.1) is 5.92 Å². The molecule has 1 atom stereocenters. The lowest BCUT2D eigenvalue weighted by Gasteiger charge is -2.23. The summed E-state index contributed by atoms with van der Waals surface area (Å²) in [7, 11) is 0. The van der Waals surface area contributed by atoms with Gasteiger partial charge in [-0.3, -0.25) is 10.2 Å². The van der Waals surface area contributed by atoms with Gasteiger partial charge in [0.25, 0.3) is 0 Å². The fourth-order valence-corrected chi connectivity index (χ4v) is 2.93. The molecule has 0 radical (unpaired) electrons. The smallest absolute Gasteiger partial charge is 0.337 e. The van der Waals surface area contributed by atoms with Gasteiger partial charge < -0.3 is 4.57 Å². The first-order valence-corrected chi connectivity index (χ1v) is 8.34. The second-order valence-electron chi connectivity index (χ2n) is 5.80.